The van der Waals surface area contributed by atoms with Crippen molar-refractivity contribution < 1.29 is 14.6 Å². The molecule has 2 unspecified atom stereocenters. The molecule has 1 rings (SSSR count). The van der Waals surface area contributed by atoms with E-state index in [0.29, 0.717) is 12.5 Å². The number of methoxy groups -OCH3 is 1. The van der Waals surface area contributed by atoms with E-state index in [9.17, 15) is 5.11 Å². The zero-order valence-electron chi connectivity index (χ0n) is 13.8. The number of hydrogen-bond donors (Lipinski definition) is 2. The van der Waals surface area contributed by atoms with Crippen LogP contribution in [-0.4, -0.2) is 38.0 Å². The summed E-state index contributed by atoms with van der Waals surface area (Å²) in [4.78, 5) is 0. The maximum atomic E-state index is 9.91. The van der Waals surface area contributed by atoms with Gasteiger partial charge in [-0.05, 0) is 42.1 Å². The summed E-state index contributed by atoms with van der Waals surface area (Å²) in [5.74, 6) is 2.07. The van der Waals surface area contributed by atoms with Crippen LogP contribution < -0.4 is 14.8 Å². The molecule has 0 bridgehead atoms. The minimum Gasteiger partial charge on any atom is -0.497 e. The summed E-state index contributed by atoms with van der Waals surface area (Å²) in [6.45, 7) is 10.6. The van der Waals surface area contributed by atoms with E-state index < -0.39 is 6.10 Å². The van der Waals surface area contributed by atoms with Crippen molar-refractivity contribution in [2.24, 2.45) is 11.3 Å². The highest BCUT2D eigenvalue weighted by Crippen LogP contribution is 2.24. The molecule has 0 radical (unpaired) electrons. The van der Waals surface area contributed by atoms with Crippen molar-refractivity contribution in [3.8, 4) is 11.5 Å². The standard InChI is InChI=1S/C17H29NO3/c1-13(17(2,3)4)10-18-11-14(19)12-21-16-8-6-15(20-5)7-9-16/h6-9,13-14,18-19H,10-12H2,1-5H3. The second-order valence-electron chi connectivity index (χ2n) is 6.57. The highest BCUT2D eigenvalue weighted by molar-refractivity contribution is 5.31. The van der Waals surface area contributed by atoms with Gasteiger partial charge in [0.1, 0.15) is 24.2 Å². The molecule has 0 spiro atoms. The Kier molecular flexibility index (Phi) is 6.99. The summed E-state index contributed by atoms with van der Waals surface area (Å²) in [7, 11) is 1.63. The number of aliphatic hydroxyl groups is 1. The molecule has 0 aliphatic carbocycles. The monoisotopic (exact) mass is 295 g/mol. The van der Waals surface area contributed by atoms with Crippen LogP contribution in [-0.2, 0) is 0 Å². The Morgan fingerprint density at radius 2 is 1.67 bits per heavy atom. The Balaban J connectivity index is 2.23. The first-order chi connectivity index (χ1) is 9.82. The Morgan fingerprint density at radius 1 is 1.10 bits per heavy atom. The highest BCUT2D eigenvalue weighted by Gasteiger charge is 2.19. The average Bonchev–Trinajstić information content (AvgIpc) is 2.44. The van der Waals surface area contributed by atoms with E-state index >= 15 is 0 Å². The summed E-state index contributed by atoms with van der Waals surface area (Å²) < 4.78 is 10.6. The number of benzene rings is 1. The fourth-order valence-electron chi connectivity index (χ4n) is 1.70. The van der Waals surface area contributed by atoms with Crippen molar-refractivity contribution in [1.82, 2.24) is 5.32 Å². The number of nitrogens with one attached hydrogen (secondary N) is 1. The van der Waals surface area contributed by atoms with Crippen molar-refractivity contribution >= 4 is 0 Å². The van der Waals surface area contributed by atoms with Gasteiger partial charge < -0.3 is 19.9 Å². The lowest BCUT2D eigenvalue weighted by Gasteiger charge is -2.27. The maximum Gasteiger partial charge on any atom is 0.119 e. The van der Waals surface area contributed by atoms with E-state index in [2.05, 4.69) is 33.0 Å². The van der Waals surface area contributed by atoms with Crippen LogP contribution >= 0.6 is 0 Å². The highest BCUT2D eigenvalue weighted by atomic mass is 16.5. The molecule has 4 heteroatoms. The summed E-state index contributed by atoms with van der Waals surface area (Å²) >= 11 is 0. The van der Waals surface area contributed by atoms with Crippen molar-refractivity contribution in [3.63, 3.8) is 0 Å². The van der Waals surface area contributed by atoms with Gasteiger partial charge in [-0.2, -0.15) is 0 Å². The predicted molar refractivity (Wildman–Crippen MR) is 86.0 cm³/mol. The van der Waals surface area contributed by atoms with Crippen LogP contribution in [0.5, 0.6) is 11.5 Å². The van der Waals surface area contributed by atoms with Crippen molar-refractivity contribution in [1.29, 1.82) is 0 Å². The van der Waals surface area contributed by atoms with Crippen LogP contribution in [0.15, 0.2) is 24.3 Å². The van der Waals surface area contributed by atoms with E-state index in [1.54, 1.807) is 7.11 Å². The van der Waals surface area contributed by atoms with E-state index in [1.807, 2.05) is 24.3 Å². The lowest BCUT2D eigenvalue weighted by Crippen LogP contribution is -2.36. The van der Waals surface area contributed by atoms with Gasteiger partial charge in [0, 0.05) is 6.54 Å². The zero-order chi connectivity index (χ0) is 15.9. The zero-order valence-corrected chi connectivity index (χ0v) is 13.8. The third kappa shape index (κ3) is 6.82. The van der Waals surface area contributed by atoms with Crippen molar-refractivity contribution in [3.05, 3.63) is 24.3 Å². The van der Waals surface area contributed by atoms with E-state index in [0.717, 1.165) is 18.0 Å². The first-order valence-electron chi connectivity index (χ1n) is 7.48. The quantitative estimate of drug-likeness (QED) is 0.774. The lowest BCUT2D eigenvalue weighted by molar-refractivity contribution is 0.103. The smallest absolute Gasteiger partial charge is 0.119 e. The van der Waals surface area contributed by atoms with E-state index in [1.165, 1.54) is 0 Å². The number of aliphatic hydroxyl groups excluding tert-OH is 1. The molecule has 1 aromatic rings. The van der Waals surface area contributed by atoms with Crippen molar-refractivity contribution in [2.45, 2.75) is 33.8 Å². The Bertz CT molecular complexity index is 397. The van der Waals surface area contributed by atoms with Crippen LogP contribution in [0.2, 0.25) is 0 Å². The van der Waals surface area contributed by atoms with E-state index in [4.69, 9.17) is 9.47 Å². The lowest BCUT2D eigenvalue weighted by atomic mass is 9.82. The largest absolute Gasteiger partial charge is 0.497 e. The summed E-state index contributed by atoms with van der Waals surface area (Å²) in [6.07, 6.45) is -0.515. The second kappa shape index (κ2) is 8.25. The Morgan fingerprint density at radius 3 is 2.19 bits per heavy atom. The molecular weight excluding hydrogens is 266 g/mol. The molecule has 4 nitrogen and oxygen atoms in total. The molecule has 0 aliphatic heterocycles. The van der Waals surface area contributed by atoms with E-state index in [-0.39, 0.29) is 12.0 Å². The first-order valence-corrected chi connectivity index (χ1v) is 7.48. The molecule has 0 saturated heterocycles. The third-order valence-corrected chi connectivity index (χ3v) is 3.81. The van der Waals surface area contributed by atoms with Gasteiger partial charge >= 0.3 is 0 Å². The van der Waals surface area contributed by atoms with Gasteiger partial charge in [0.25, 0.3) is 0 Å². The van der Waals surface area contributed by atoms with Gasteiger partial charge in [-0.1, -0.05) is 27.7 Å². The molecule has 0 amide bonds. The predicted octanol–water partition coefficient (Wildman–Crippen LogP) is 2.71. The summed E-state index contributed by atoms with van der Waals surface area (Å²) in [5.41, 5.74) is 0.275. The maximum absolute atomic E-state index is 9.91. The second-order valence-corrected chi connectivity index (χ2v) is 6.57. The number of hydrogen-bond acceptors (Lipinski definition) is 4. The molecule has 21 heavy (non-hydrogen) atoms. The van der Waals surface area contributed by atoms with Gasteiger partial charge in [-0.15, -0.1) is 0 Å². The van der Waals surface area contributed by atoms with Gasteiger partial charge in [-0.25, -0.2) is 0 Å². The van der Waals surface area contributed by atoms with Gasteiger partial charge in [0.15, 0.2) is 0 Å². The average molecular weight is 295 g/mol. The molecule has 2 N–H and O–H groups in total. The Hall–Kier alpha value is -1.26. The minimum absolute atomic E-state index is 0.275. The fraction of sp³-hybridized carbons (Fsp3) is 0.647. The van der Waals surface area contributed by atoms with Crippen LogP contribution in [0.3, 0.4) is 0 Å². The topological polar surface area (TPSA) is 50.7 Å². The molecule has 0 heterocycles. The van der Waals surface area contributed by atoms with Crippen LogP contribution in [0, 0.1) is 11.3 Å². The Labute approximate surface area is 128 Å². The normalized spacial score (nSPS) is 14.6. The molecule has 1 aromatic carbocycles. The minimum atomic E-state index is -0.515. The molecule has 0 saturated carbocycles. The van der Waals surface area contributed by atoms with Gasteiger partial charge in [-0.3, -0.25) is 0 Å². The molecule has 0 aliphatic rings. The SMILES string of the molecule is COc1ccc(OCC(O)CNCC(C)C(C)(C)C)cc1. The molecule has 0 aromatic heterocycles. The third-order valence-electron chi connectivity index (χ3n) is 3.81. The van der Waals surface area contributed by atoms with Crippen LogP contribution in [0.1, 0.15) is 27.7 Å². The number of rotatable bonds is 8. The van der Waals surface area contributed by atoms with Crippen LogP contribution in [0.25, 0.3) is 0 Å². The number of ether oxygens (including phenoxy) is 2. The van der Waals surface area contributed by atoms with Crippen molar-refractivity contribution in [2.75, 3.05) is 26.8 Å². The molecule has 2 atom stereocenters. The molecular formula is C17H29NO3. The van der Waals surface area contributed by atoms with Gasteiger partial charge in [0.2, 0.25) is 0 Å². The van der Waals surface area contributed by atoms with Gasteiger partial charge in [0.05, 0.1) is 7.11 Å². The summed E-state index contributed by atoms with van der Waals surface area (Å²) in [6, 6.07) is 7.34. The summed E-state index contributed by atoms with van der Waals surface area (Å²) in [5, 5.41) is 13.2. The fourth-order valence-corrected chi connectivity index (χ4v) is 1.70. The first kappa shape index (κ1) is 17.8. The molecule has 0 fully saturated rings. The molecule has 120 valence electrons. The van der Waals surface area contributed by atoms with Crippen LogP contribution in [0.4, 0.5) is 0 Å².